The van der Waals surface area contributed by atoms with Crippen LogP contribution < -0.4 is 0 Å². The molecule has 0 bridgehead atoms. The maximum Gasteiger partial charge on any atom is 0.453 e. The average Bonchev–Trinajstić information content (AvgIpc) is 2.61. The van der Waals surface area contributed by atoms with Crippen LogP contribution in [-0.2, 0) is 6.18 Å². The number of halogens is 6. The molecule has 0 N–H and O–H groups in total. The van der Waals surface area contributed by atoms with Crippen LogP contribution in [0.1, 0.15) is 17.8 Å². The van der Waals surface area contributed by atoms with Crippen molar-refractivity contribution in [3.05, 3.63) is 28.7 Å². The van der Waals surface area contributed by atoms with E-state index in [0.29, 0.717) is 4.52 Å². The van der Waals surface area contributed by atoms with Crippen molar-refractivity contribution in [2.24, 2.45) is 0 Å². The van der Waals surface area contributed by atoms with Crippen LogP contribution in [0.4, 0.5) is 22.0 Å². The first kappa shape index (κ1) is 12.0. The molecule has 0 aromatic carbocycles. The van der Waals surface area contributed by atoms with Crippen LogP contribution in [0.5, 0.6) is 0 Å². The van der Waals surface area contributed by atoms with E-state index in [1.165, 1.54) is 0 Å². The van der Waals surface area contributed by atoms with E-state index in [-0.39, 0.29) is 5.65 Å². The molecule has 2 aromatic rings. The molecule has 0 amide bonds. The summed E-state index contributed by atoms with van der Waals surface area (Å²) in [4.78, 5) is 3.14. The van der Waals surface area contributed by atoms with Gasteiger partial charge in [-0.15, -0.1) is 5.10 Å². The van der Waals surface area contributed by atoms with Crippen molar-refractivity contribution >= 4 is 17.2 Å². The van der Waals surface area contributed by atoms with Crippen molar-refractivity contribution < 1.29 is 22.0 Å². The van der Waals surface area contributed by atoms with Gasteiger partial charge in [0.15, 0.2) is 5.65 Å². The Bertz CT molecular complexity index is 562. The smallest absolute Gasteiger partial charge is 0.205 e. The molecule has 0 spiro atoms. The number of aromatic nitrogens is 3. The zero-order valence-corrected chi connectivity index (χ0v) is 8.60. The van der Waals surface area contributed by atoms with Gasteiger partial charge in [-0.2, -0.15) is 13.2 Å². The molecule has 0 atom stereocenters. The van der Waals surface area contributed by atoms with E-state index in [4.69, 9.17) is 11.6 Å². The largest absolute Gasteiger partial charge is 0.453 e. The number of hydrogen-bond donors (Lipinski definition) is 0. The van der Waals surface area contributed by atoms with Crippen LogP contribution in [0.15, 0.2) is 12.1 Å². The Morgan fingerprint density at radius 2 is 1.88 bits per heavy atom. The Morgan fingerprint density at radius 3 is 2.41 bits per heavy atom. The summed E-state index contributed by atoms with van der Waals surface area (Å²) in [5.41, 5.74) is -0.843. The van der Waals surface area contributed by atoms with Gasteiger partial charge in [0.05, 0.1) is 5.56 Å². The number of nitrogens with zero attached hydrogens (tertiary/aromatic N) is 3. The van der Waals surface area contributed by atoms with Crippen molar-refractivity contribution in [1.82, 2.24) is 14.6 Å². The van der Waals surface area contributed by atoms with E-state index in [1.54, 1.807) is 0 Å². The van der Waals surface area contributed by atoms with E-state index < -0.39 is 29.1 Å². The maximum atomic E-state index is 12.4. The summed E-state index contributed by atoms with van der Waals surface area (Å²) in [5.74, 6) is -1.43. The van der Waals surface area contributed by atoms with Crippen molar-refractivity contribution in [2.45, 2.75) is 12.6 Å². The molecule has 0 aliphatic heterocycles. The molecule has 9 heteroatoms. The van der Waals surface area contributed by atoms with Gasteiger partial charge in [0.2, 0.25) is 0 Å². The van der Waals surface area contributed by atoms with E-state index in [2.05, 4.69) is 10.1 Å². The van der Waals surface area contributed by atoms with Gasteiger partial charge in [0.25, 0.3) is 12.2 Å². The first-order chi connectivity index (χ1) is 7.80. The number of rotatable bonds is 1. The van der Waals surface area contributed by atoms with Crippen molar-refractivity contribution in [2.75, 3.05) is 0 Å². The molecule has 2 heterocycles. The highest BCUT2D eigenvalue weighted by molar-refractivity contribution is 6.30. The average molecular weight is 272 g/mol. The summed E-state index contributed by atoms with van der Waals surface area (Å²) < 4.78 is 62.3. The SMILES string of the molecule is FC(F)c1ccc2nc(C(F)(F)F)nn2c1Cl. The summed E-state index contributed by atoms with van der Waals surface area (Å²) in [6.07, 6.45) is -7.65. The summed E-state index contributed by atoms with van der Waals surface area (Å²) in [6, 6.07) is 1.91. The van der Waals surface area contributed by atoms with Gasteiger partial charge in [-0.25, -0.2) is 18.3 Å². The molecular formula is C8H3ClF5N3. The molecule has 0 unspecified atom stereocenters. The van der Waals surface area contributed by atoms with Crippen LogP contribution >= 0.6 is 11.6 Å². The van der Waals surface area contributed by atoms with Crippen molar-refractivity contribution in [3.63, 3.8) is 0 Å². The third-order valence-electron chi connectivity index (χ3n) is 1.96. The Kier molecular flexibility index (Phi) is 2.69. The molecule has 0 saturated carbocycles. The minimum atomic E-state index is -4.75. The highest BCUT2D eigenvalue weighted by atomic mass is 35.5. The van der Waals surface area contributed by atoms with Gasteiger partial charge in [-0.1, -0.05) is 11.6 Å². The Hall–Kier alpha value is -1.44. The fourth-order valence-corrected chi connectivity index (χ4v) is 1.48. The quantitative estimate of drug-likeness (QED) is 0.588. The zero-order valence-electron chi connectivity index (χ0n) is 7.84. The van der Waals surface area contributed by atoms with E-state index in [9.17, 15) is 22.0 Å². The topological polar surface area (TPSA) is 30.2 Å². The molecule has 92 valence electrons. The summed E-state index contributed by atoms with van der Waals surface area (Å²) in [5, 5.41) is 2.46. The van der Waals surface area contributed by atoms with Gasteiger partial charge >= 0.3 is 6.18 Å². The molecule has 3 nitrogen and oxygen atoms in total. The van der Waals surface area contributed by atoms with Gasteiger partial charge in [0, 0.05) is 0 Å². The second-order valence-electron chi connectivity index (χ2n) is 3.08. The lowest BCUT2D eigenvalue weighted by atomic mass is 10.3. The summed E-state index contributed by atoms with van der Waals surface area (Å²) >= 11 is 5.51. The van der Waals surface area contributed by atoms with Crippen LogP contribution in [0.2, 0.25) is 5.15 Å². The predicted molar refractivity (Wildman–Crippen MR) is 48.0 cm³/mol. The van der Waals surface area contributed by atoms with Gasteiger partial charge in [-0.3, -0.25) is 0 Å². The third-order valence-corrected chi connectivity index (χ3v) is 2.34. The normalized spacial score (nSPS) is 12.6. The van der Waals surface area contributed by atoms with Crippen molar-refractivity contribution in [1.29, 1.82) is 0 Å². The van der Waals surface area contributed by atoms with Crippen LogP contribution in [-0.4, -0.2) is 14.6 Å². The van der Waals surface area contributed by atoms with E-state index in [1.807, 2.05) is 0 Å². The molecule has 0 aliphatic carbocycles. The molecule has 0 saturated heterocycles. The highest BCUT2D eigenvalue weighted by Crippen LogP contribution is 2.30. The lowest BCUT2D eigenvalue weighted by Crippen LogP contribution is -2.07. The molecular weight excluding hydrogens is 269 g/mol. The minimum Gasteiger partial charge on any atom is -0.205 e. The second-order valence-corrected chi connectivity index (χ2v) is 3.44. The van der Waals surface area contributed by atoms with Crippen LogP contribution in [0.3, 0.4) is 0 Å². The lowest BCUT2D eigenvalue weighted by Gasteiger charge is -2.03. The Labute approximate surface area is 95.8 Å². The first-order valence-corrected chi connectivity index (χ1v) is 4.59. The van der Waals surface area contributed by atoms with E-state index >= 15 is 0 Å². The molecule has 17 heavy (non-hydrogen) atoms. The molecule has 0 aliphatic rings. The van der Waals surface area contributed by atoms with Crippen LogP contribution in [0.25, 0.3) is 5.65 Å². The maximum absolute atomic E-state index is 12.4. The van der Waals surface area contributed by atoms with Gasteiger partial charge in [-0.05, 0) is 12.1 Å². The minimum absolute atomic E-state index is 0.244. The van der Waals surface area contributed by atoms with Crippen LogP contribution in [0, 0.1) is 0 Å². The molecule has 0 radical (unpaired) electrons. The highest BCUT2D eigenvalue weighted by Gasteiger charge is 2.36. The number of fused-ring (bicyclic) bond motifs is 1. The second kappa shape index (κ2) is 3.80. The van der Waals surface area contributed by atoms with E-state index in [0.717, 1.165) is 12.1 Å². The number of hydrogen-bond acceptors (Lipinski definition) is 2. The predicted octanol–water partition coefficient (Wildman–Crippen LogP) is 3.34. The number of alkyl halides is 5. The Balaban J connectivity index is 2.66. The third kappa shape index (κ3) is 2.04. The standard InChI is InChI=1S/C8H3ClF5N3/c9-5-3(6(10)11)1-2-4-15-7(8(12,13)14)16-17(4)5/h1-2,6H. The fourth-order valence-electron chi connectivity index (χ4n) is 1.21. The Morgan fingerprint density at radius 1 is 1.24 bits per heavy atom. The summed E-state index contributed by atoms with van der Waals surface area (Å²) in [7, 11) is 0. The molecule has 2 aromatic heterocycles. The number of pyridine rings is 1. The first-order valence-electron chi connectivity index (χ1n) is 4.21. The fraction of sp³-hybridized carbons (Fsp3) is 0.250. The monoisotopic (exact) mass is 271 g/mol. The molecule has 0 fully saturated rings. The van der Waals surface area contributed by atoms with Crippen molar-refractivity contribution in [3.8, 4) is 0 Å². The molecule has 2 rings (SSSR count). The van der Waals surface area contributed by atoms with Gasteiger partial charge in [0.1, 0.15) is 5.15 Å². The van der Waals surface area contributed by atoms with Gasteiger partial charge < -0.3 is 0 Å². The summed E-state index contributed by atoms with van der Waals surface area (Å²) in [6.45, 7) is 0. The lowest BCUT2D eigenvalue weighted by molar-refractivity contribution is -0.144. The zero-order chi connectivity index (χ0) is 12.8.